The van der Waals surface area contributed by atoms with Crippen LogP contribution in [0.15, 0.2) is 0 Å². The molecule has 0 aliphatic carbocycles. The fraction of sp³-hybridized carbons (Fsp3) is 1.00. The lowest BCUT2D eigenvalue weighted by Gasteiger charge is -2.24. The standard InChI is InChI=1S/C20H46O2S4Si2/c1-7-21-19(27(9-3)10-4)15-13-17-23-25-26-24-18-14-16-20(22-8-2)28(11-5)12-6/h19-20,27-28H,7-18H2,1-6H3. The predicted octanol–water partition coefficient (Wildman–Crippen LogP) is 7.65. The van der Waals surface area contributed by atoms with Gasteiger partial charge in [0.15, 0.2) is 0 Å². The Labute approximate surface area is 195 Å². The Morgan fingerprint density at radius 2 is 0.964 bits per heavy atom. The van der Waals surface area contributed by atoms with Gasteiger partial charge in [-0.1, -0.05) is 73.5 Å². The summed E-state index contributed by atoms with van der Waals surface area (Å²) in [5.41, 5.74) is 1.20. The summed E-state index contributed by atoms with van der Waals surface area (Å²) in [6, 6.07) is 5.50. The highest BCUT2D eigenvalue weighted by Crippen LogP contribution is 2.43. The summed E-state index contributed by atoms with van der Waals surface area (Å²) < 4.78 is 12.1. The van der Waals surface area contributed by atoms with Gasteiger partial charge in [0.1, 0.15) is 0 Å². The van der Waals surface area contributed by atoms with Gasteiger partial charge in [-0.2, -0.15) is 0 Å². The van der Waals surface area contributed by atoms with Gasteiger partial charge in [-0.15, -0.1) is 0 Å². The van der Waals surface area contributed by atoms with Gasteiger partial charge in [0.2, 0.25) is 0 Å². The van der Waals surface area contributed by atoms with Crippen molar-refractivity contribution in [3.05, 3.63) is 0 Å². The Hall–Kier alpha value is 1.75. The molecule has 2 unspecified atom stereocenters. The van der Waals surface area contributed by atoms with Gasteiger partial charge in [0, 0.05) is 36.2 Å². The molecular formula is C20H46O2S4Si2. The van der Waals surface area contributed by atoms with Gasteiger partial charge in [-0.25, -0.2) is 0 Å². The van der Waals surface area contributed by atoms with Crippen molar-refractivity contribution in [1.82, 2.24) is 0 Å². The third-order valence-electron chi connectivity index (χ3n) is 5.47. The molecule has 2 nitrogen and oxygen atoms in total. The second-order valence-corrected chi connectivity index (χ2v) is 21.2. The molecule has 170 valence electrons. The first kappa shape index (κ1) is 29.8. The van der Waals surface area contributed by atoms with E-state index in [9.17, 15) is 0 Å². The van der Waals surface area contributed by atoms with E-state index in [2.05, 4.69) is 41.5 Å². The summed E-state index contributed by atoms with van der Waals surface area (Å²) in [6.07, 6.45) is 5.15. The first-order valence-electron chi connectivity index (χ1n) is 11.5. The lowest BCUT2D eigenvalue weighted by molar-refractivity contribution is 0.107. The Balaban J connectivity index is 3.72. The number of rotatable bonds is 21. The Bertz CT molecular complexity index is 293. The summed E-state index contributed by atoms with van der Waals surface area (Å²) in [5, 5.41) is 0. The second kappa shape index (κ2) is 22.0. The average Bonchev–Trinajstić information content (AvgIpc) is 2.70. The van der Waals surface area contributed by atoms with Crippen LogP contribution in [0.4, 0.5) is 0 Å². The SMILES string of the molecule is CCOC(CCCSSSSCCCC(OCC)[SiH](CC)CC)[SiH](CC)CC. The molecule has 28 heavy (non-hydrogen) atoms. The van der Waals surface area contributed by atoms with Gasteiger partial charge in [-0.05, 0) is 59.2 Å². The first-order chi connectivity index (χ1) is 13.7. The van der Waals surface area contributed by atoms with E-state index in [1.807, 2.05) is 41.2 Å². The molecule has 0 spiro atoms. The van der Waals surface area contributed by atoms with Gasteiger partial charge < -0.3 is 9.47 Å². The van der Waals surface area contributed by atoms with Crippen LogP contribution in [0, 0.1) is 0 Å². The normalized spacial score (nSPS) is 14.1. The Kier molecular flexibility index (Phi) is 23.3. The predicted molar refractivity (Wildman–Crippen MR) is 146 cm³/mol. The van der Waals surface area contributed by atoms with Gasteiger partial charge in [0.05, 0.1) is 17.6 Å². The second-order valence-electron chi connectivity index (χ2n) is 7.21. The summed E-state index contributed by atoms with van der Waals surface area (Å²) in [4.78, 5) is 0. The van der Waals surface area contributed by atoms with E-state index >= 15 is 0 Å². The highest BCUT2D eigenvalue weighted by Gasteiger charge is 2.20. The van der Waals surface area contributed by atoms with Crippen LogP contribution in [-0.4, -0.2) is 53.8 Å². The van der Waals surface area contributed by atoms with E-state index < -0.39 is 17.6 Å². The zero-order valence-electron chi connectivity index (χ0n) is 19.2. The minimum atomic E-state index is -0.684. The molecule has 0 aromatic carbocycles. The summed E-state index contributed by atoms with van der Waals surface area (Å²) in [5.74, 6) is 2.51. The van der Waals surface area contributed by atoms with Crippen molar-refractivity contribution in [1.29, 1.82) is 0 Å². The van der Waals surface area contributed by atoms with Crippen LogP contribution in [0.3, 0.4) is 0 Å². The fourth-order valence-corrected chi connectivity index (χ4v) is 15.6. The van der Waals surface area contributed by atoms with E-state index in [0.717, 1.165) is 13.2 Å². The van der Waals surface area contributed by atoms with Gasteiger partial charge in [0.25, 0.3) is 0 Å². The molecule has 0 aliphatic rings. The van der Waals surface area contributed by atoms with E-state index in [4.69, 9.17) is 9.47 Å². The minimum absolute atomic E-state index is 0.601. The van der Waals surface area contributed by atoms with Crippen LogP contribution in [-0.2, 0) is 9.47 Å². The maximum atomic E-state index is 6.06. The molecule has 2 atom stereocenters. The van der Waals surface area contributed by atoms with Crippen molar-refractivity contribution in [3.63, 3.8) is 0 Å². The van der Waals surface area contributed by atoms with Crippen LogP contribution < -0.4 is 0 Å². The van der Waals surface area contributed by atoms with Crippen molar-refractivity contribution in [3.8, 4) is 0 Å². The highest BCUT2D eigenvalue weighted by atomic mass is 33.7. The molecule has 0 fully saturated rings. The zero-order chi connectivity index (χ0) is 21.0. The molecule has 0 aliphatic heterocycles. The molecule has 0 rings (SSSR count). The van der Waals surface area contributed by atoms with Crippen LogP contribution in [0.2, 0.25) is 24.2 Å². The van der Waals surface area contributed by atoms with Crippen molar-refractivity contribution < 1.29 is 9.47 Å². The van der Waals surface area contributed by atoms with Crippen LogP contribution >= 0.6 is 41.2 Å². The van der Waals surface area contributed by atoms with Crippen molar-refractivity contribution in [2.75, 3.05) is 24.7 Å². The van der Waals surface area contributed by atoms with Crippen molar-refractivity contribution in [2.24, 2.45) is 0 Å². The van der Waals surface area contributed by atoms with Crippen LogP contribution in [0.25, 0.3) is 0 Å². The summed E-state index contributed by atoms with van der Waals surface area (Å²) >= 11 is 0. The largest absolute Gasteiger partial charge is 0.382 e. The van der Waals surface area contributed by atoms with E-state index in [-0.39, 0.29) is 0 Å². The molecule has 0 aromatic heterocycles. The van der Waals surface area contributed by atoms with E-state index in [1.54, 1.807) is 0 Å². The van der Waals surface area contributed by atoms with Gasteiger partial charge in [-0.3, -0.25) is 0 Å². The number of hydrogen-bond donors (Lipinski definition) is 0. The van der Waals surface area contributed by atoms with E-state index in [0.29, 0.717) is 11.5 Å². The molecule has 0 saturated heterocycles. The summed E-state index contributed by atoms with van der Waals surface area (Å²) in [6.45, 7) is 15.5. The van der Waals surface area contributed by atoms with Crippen molar-refractivity contribution in [2.45, 2.75) is 103 Å². The van der Waals surface area contributed by atoms with Crippen LogP contribution in [0.1, 0.15) is 67.2 Å². The molecular weight excluding hydrogens is 457 g/mol. The minimum Gasteiger partial charge on any atom is -0.382 e. The molecule has 0 bridgehead atoms. The molecule has 0 N–H and O–H groups in total. The van der Waals surface area contributed by atoms with E-state index in [1.165, 1.54) is 61.4 Å². The van der Waals surface area contributed by atoms with Crippen molar-refractivity contribution >= 4 is 58.8 Å². The quantitative estimate of drug-likeness (QED) is 0.0905. The maximum Gasteiger partial charge on any atom is 0.0711 e. The number of hydrogen-bond acceptors (Lipinski definition) is 6. The maximum absolute atomic E-state index is 6.06. The molecule has 0 radical (unpaired) electrons. The smallest absolute Gasteiger partial charge is 0.0711 e. The monoisotopic (exact) mass is 502 g/mol. The highest BCUT2D eigenvalue weighted by molar-refractivity contribution is 9.26. The van der Waals surface area contributed by atoms with Gasteiger partial charge >= 0.3 is 0 Å². The third-order valence-corrected chi connectivity index (χ3v) is 19.5. The fourth-order valence-electron chi connectivity index (χ4n) is 3.76. The lowest BCUT2D eigenvalue weighted by atomic mass is 10.3. The topological polar surface area (TPSA) is 18.5 Å². The molecule has 8 heteroatoms. The Morgan fingerprint density at radius 3 is 1.25 bits per heavy atom. The number of ether oxygens (including phenoxy) is 2. The van der Waals surface area contributed by atoms with Crippen LogP contribution in [0.5, 0.6) is 0 Å². The molecule has 0 saturated carbocycles. The molecule has 0 heterocycles. The molecule has 0 amide bonds. The third kappa shape index (κ3) is 14.7. The molecule has 0 aromatic rings. The first-order valence-corrected chi connectivity index (χ1v) is 21.2. The zero-order valence-corrected chi connectivity index (χ0v) is 24.8. The average molecular weight is 503 g/mol. The summed E-state index contributed by atoms with van der Waals surface area (Å²) in [7, 11) is 6.62. The lowest BCUT2D eigenvalue weighted by Crippen LogP contribution is -2.32. The Morgan fingerprint density at radius 1 is 0.607 bits per heavy atom.